The lowest BCUT2D eigenvalue weighted by atomic mass is 10.1. The normalized spacial score (nSPS) is 18.1. The van der Waals surface area contributed by atoms with Crippen LogP contribution in [-0.4, -0.2) is 39.2 Å². The minimum absolute atomic E-state index is 0.0316. The molecule has 8 heteroatoms. The second-order valence-corrected chi connectivity index (χ2v) is 7.66. The standard InChI is InChI=1S/C22H19ClF3NO3/c1-29-20-12-18-14(10-19(20)27-2-4-30-5-3-27)9-15(21(18)28)6-13-7-16(22(24,25)26)11-17(23)8-13/h6-8,10-12H,2-5,9H2,1H3. The Bertz CT molecular complexity index is 1030. The van der Waals surface area contributed by atoms with Gasteiger partial charge in [-0.2, -0.15) is 13.2 Å². The van der Waals surface area contributed by atoms with Gasteiger partial charge in [-0.05, 0) is 47.5 Å². The highest BCUT2D eigenvalue weighted by atomic mass is 35.5. The van der Waals surface area contributed by atoms with E-state index in [0.717, 1.165) is 23.4 Å². The van der Waals surface area contributed by atoms with Crippen molar-refractivity contribution in [2.45, 2.75) is 12.6 Å². The summed E-state index contributed by atoms with van der Waals surface area (Å²) < 4.78 is 50.1. The molecule has 0 amide bonds. The van der Waals surface area contributed by atoms with Gasteiger partial charge in [-0.25, -0.2) is 0 Å². The molecule has 1 aliphatic carbocycles. The molecule has 30 heavy (non-hydrogen) atoms. The van der Waals surface area contributed by atoms with Gasteiger partial charge in [0.15, 0.2) is 5.78 Å². The number of halogens is 4. The van der Waals surface area contributed by atoms with Crippen molar-refractivity contribution in [3.8, 4) is 5.75 Å². The highest BCUT2D eigenvalue weighted by molar-refractivity contribution is 6.30. The van der Waals surface area contributed by atoms with E-state index in [0.29, 0.717) is 49.6 Å². The van der Waals surface area contributed by atoms with E-state index >= 15 is 0 Å². The first kappa shape index (κ1) is 20.8. The Morgan fingerprint density at radius 3 is 2.53 bits per heavy atom. The second-order valence-electron chi connectivity index (χ2n) is 7.23. The molecule has 2 aliphatic rings. The van der Waals surface area contributed by atoms with Gasteiger partial charge in [-0.1, -0.05) is 11.6 Å². The van der Waals surface area contributed by atoms with E-state index in [-0.39, 0.29) is 16.4 Å². The van der Waals surface area contributed by atoms with Gasteiger partial charge in [0, 0.05) is 35.7 Å². The van der Waals surface area contributed by atoms with E-state index in [1.807, 2.05) is 6.07 Å². The molecule has 1 heterocycles. The minimum Gasteiger partial charge on any atom is -0.495 e. The highest BCUT2D eigenvalue weighted by Gasteiger charge is 2.32. The van der Waals surface area contributed by atoms with E-state index in [1.54, 1.807) is 13.2 Å². The van der Waals surface area contributed by atoms with E-state index in [1.165, 1.54) is 12.1 Å². The lowest BCUT2D eigenvalue weighted by Gasteiger charge is -2.30. The Labute approximate surface area is 176 Å². The third-order valence-electron chi connectivity index (χ3n) is 5.26. The van der Waals surface area contributed by atoms with Crippen LogP contribution in [0, 0.1) is 0 Å². The van der Waals surface area contributed by atoms with Crippen molar-refractivity contribution in [2.24, 2.45) is 0 Å². The number of alkyl halides is 3. The van der Waals surface area contributed by atoms with Gasteiger partial charge >= 0.3 is 6.18 Å². The largest absolute Gasteiger partial charge is 0.495 e. The average Bonchev–Trinajstić information content (AvgIpc) is 3.01. The predicted molar refractivity (Wildman–Crippen MR) is 108 cm³/mol. The van der Waals surface area contributed by atoms with Crippen LogP contribution in [0.5, 0.6) is 5.75 Å². The zero-order valence-electron chi connectivity index (χ0n) is 16.2. The topological polar surface area (TPSA) is 38.8 Å². The van der Waals surface area contributed by atoms with Crippen LogP contribution >= 0.6 is 11.6 Å². The minimum atomic E-state index is -4.51. The maximum absolute atomic E-state index is 13.1. The first-order valence-corrected chi connectivity index (χ1v) is 9.81. The number of hydrogen-bond acceptors (Lipinski definition) is 4. The SMILES string of the molecule is COc1cc2c(cc1N1CCOCC1)CC(=Cc1cc(Cl)cc(C(F)(F)F)c1)C2=O. The van der Waals surface area contributed by atoms with Crippen LogP contribution < -0.4 is 9.64 Å². The summed E-state index contributed by atoms with van der Waals surface area (Å²) in [6, 6.07) is 6.92. The third kappa shape index (κ3) is 4.04. The van der Waals surface area contributed by atoms with Crippen LogP contribution in [0.1, 0.15) is 27.0 Å². The number of anilines is 1. The smallest absolute Gasteiger partial charge is 0.416 e. The molecule has 4 rings (SSSR count). The number of hydrogen-bond donors (Lipinski definition) is 0. The molecule has 0 aromatic heterocycles. The molecule has 0 atom stereocenters. The summed E-state index contributed by atoms with van der Waals surface area (Å²) in [7, 11) is 1.55. The number of allylic oxidation sites excluding steroid dienone is 1. The molecule has 1 aliphatic heterocycles. The van der Waals surface area contributed by atoms with Crippen molar-refractivity contribution < 1.29 is 27.4 Å². The van der Waals surface area contributed by atoms with Crippen molar-refractivity contribution >= 4 is 29.1 Å². The van der Waals surface area contributed by atoms with Crippen molar-refractivity contribution in [1.29, 1.82) is 0 Å². The summed E-state index contributed by atoms with van der Waals surface area (Å²) in [5, 5.41) is -0.0316. The first-order chi connectivity index (χ1) is 14.3. The molecular weight excluding hydrogens is 419 g/mol. The molecule has 2 aromatic carbocycles. The fourth-order valence-corrected chi connectivity index (χ4v) is 4.06. The molecule has 0 radical (unpaired) electrons. The zero-order valence-corrected chi connectivity index (χ0v) is 16.9. The Morgan fingerprint density at radius 2 is 1.87 bits per heavy atom. The lowest BCUT2D eigenvalue weighted by molar-refractivity contribution is -0.137. The molecule has 0 N–H and O–H groups in total. The Kier molecular flexibility index (Phi) is 5.51. The maximum atomic E-state index is 13.1. The van der Waals surface area contributed by atoms with Crippen LogP contribution in [0.4, 0.5) is 18.9 Å². The van der Waals surface area contributed by atoms with E-state index in [9.17, 15) is 18.0 Å². The summed E-state index contributed by atoms with van der Waals surface area (Å²) in [6.07, 6.45) is -2.70. The van der Waals surface area contributed by atoms with Gasteiger partial charge in [0.25, 0.3) is 0 Å². The summed E-state index contributed by atoms with van der Waals surface area (Å²) in [4.78, 5) is 15.1. The molecular formula is C22H19ClF3NO3. The molecule has 0 saturated carbocycles. The van der Waals surface area contributed by atoms with Gasteiger partial charge < -0.3 is 14.4 Å². The van der Waals surface area contributed by atoms with Crippen LogP contribution in [0.15, 0.2) is 35.9 Å². The molecule has 2 aromatic rings. The van der Waals surface area contributed by atoms with Crippen LogP contribution in [0.3, 0.4) is 0 Å². The number of nitrogens with zero attached hydrogens (tertiary/aromatic N) is 1. The van der Waals surface area contributed by atoms with E-state index < -0.39 is 11.7 Å². The fourth-order valence-electron chi connectivity index (χ4n) is 3.82. The Balaban J connectivity index is 1.69. The van der Waals surface area contributed by atoms with E-state index in [4.69, 9.17) is 21.1 Å². The zero-order chi connectivity index (χ0) is 21.5. The van der Waals surface area contributed by atoms with Crippen molar-refractivity contribution in [3.63, 3.8) is 0 Å². The van der Waals surface area contributed by atoms with Gasteiger partial charge in [-0.15, -0.1) is 0 Å². The number of morpholine rings is 1. The quantitative estimate of drug-likeness (QED) is 0.632. The summed E-state index contributed by atoms with van der Waals surface area (Å²) in [5.41, 5.74) is 2.03. The van der Waals surface area contributed by atoms with Crippen molar-refractivity contribution in [3.05, 3.63) is 63.2 Å². The third-order valence-corrected chi connectivity index (χ3v) is 5.48. The van der Waals surface area contributed by atoms with Crippen molar-refractivity contribution in [2.75, 3.05) is 38.3 Å². The van der Waals surface area contributed by atoms with Crippen molar-refractivity contribution in [1.82, 2.24) is 0 Å². The highest BCUT2D eigenvalue weighted by Crippen LogP contribution is 2.38. The first-order valence-electron chi connectivity index (χ1n) is 9.43. The number of ether oxygens (including phenoxy) is 2. The van der Waals surface area contributed by atoms with Gasteiger partial charge in [0.05, 0.1) is 31.6 Å². The number of ketones is 1. The molecule has 0 bridgehead atoms. The lowest BCUT2D eigenvalue weighted by Crippen LogP contribution is -2.36. The molecule has 158 valence electrons. The van der Waals surface area contributed by atoms with Crippen LogP contribution in [0.25, 0.3) is 6.08 Å². The fraction of sp³-hybridized carbons (Fsp3) is 0.318. The Hall–Kier alpha value is -2.51. The average molecular weight is 438 g/mol. The number of rotatable bonds is 3. The second kappa shape index (κ2) is 7.96. The van der Waals surface area contributed by atoms with Gasteiger partial charge in [0.1, 0.15) is 5.75 Å². The number of carbonyl (C=O) groups excluding carboxylic acids is 1. The number of Topliss-reactive ketones (excluding diaryl/α,β-unsaturated/α-hetero) is 1. The number of fused-ring (bicyclic) bond motifs is 1. The Morgan fingerprint density at radius 1 is 1.13 bits per heavy atom. The van der Waals surface area contributed by atoms with Gasteiger partial charge in [0.2, 0.25) is 0 Å². The van der Waals surface area contributed by atoms with E-state index in [2.05, 4.69) is 4.90 Å². The van der Waals surface area contributed by atoms with Crippen LogP contribution in [0.2, 0.25) is 5.02 Å². The van der Waals surface area contributed by atoms with Gasteiger partial charge in [-0.3, -0.25) is 4.79 Å². The molecule has 4 nitrogen and oxygen atoms in total. The summed E-state index contributed by atoms with van der Waals surface area (Å²) in [6.45, 7) is 2.66. The molecule has 0 spiro atoms. The summed E-state index contributed by atoms with van der Waals surface area (Å²) in [5.74, 6) is 0.373. The monoisotopic (exact) mass is 437 g/mol. The molecule has 0 unspecified atom stereocenters. The predicted octanol–water partition coefficient (Wildman–Crippen LogP) is 5.03. The number of methoxy groups -OCH3 is 1. The molecule has 1 saturated heterocycles. The number of carbonyl (C=O) groups is 1. The van der Waals surface area contributed by atoms with Crippen LogP contribution in [-0.2, 0) is 17.3 Å². The summed E-state index contributed by atoms with van der Waals surface area (Å²) >= 11 is 5.87. The number of benzene rings is 2. The molecule has 1 fully saturated rings. The maximum Gasteiger partial charge on any atom is 0.416 e.